The van der Waals surface area contributed by atoms with E-state index in [1.165, 1.54) is 19.5 Å². The number of guanidine groups is 1. The van der Waals surface area contributed by atoms with Gasteiger partial charge in [-0.25, -0.2) is 0 Å². The van der Waals surface area contributed by atoms with Crippen LogP contribution in [0.25, 0.3) is 0 Å². The number of hydrogen-bond acceptors (Lipinski definition) is 3. The quantitative estimate of drug-likeness (QED) is 0.410. The first-order chi connectivity index (χ1) is 8.69. The van der Waals surface area contributed by atoms with E-state index in [0.717, 1.165) is 25.0 Å². The van der Waals surface area contributed by atoms with Crippen LogP contribution in [0, 0.1) is 5.92 Å². The van der Waals surface area contributed by atoms with Gasteiger partial charge in [-0.1, -0.05) is 6.92 Å². The molecular formula is C13H29IN4O. The Hall–Kier alpha value is -0.0800. The first kappa shape index (κ1) is 18.9. The maximum absolute atomic E-state index is 5.10. The molecule has 1 fully saturated rings. The van der Waals surface area contributed by atoms with E-state index in [1.54, 1.807) is 7.11 Å². The molecule has 1 rings (SSSR count). The summed E-state index contributed by atoms with van der Waals surface area (Å²) in [5.74, 6) is 1.61. The molecule has 1 saturated heterocycles. The van der Waals surface area contributed by atoms with Crippen LogP contribution in [0.15, 0.2) is 4.99 Å². The number of aliphatic imine (C=N–C) groups is 1. The zero-order valence-corrected chi connectivity index (χ0v) is 14.9. The number of methoxy groups -OCH3 is 1. The van der Waals surface area contributed by atoms with Crippen LogP contribution in [0.5, 0.6) is 0 Å². The molecule has 1 aliphatic heterocycles. The zero-order chi connectivity index (χ0) is 13.4. The first-order valence-electron chi connectivity index (χ1n) is 6.88. The summed E-state index contributed by atoms with van der Waals surface area (Å²) in [5.41, 5.74) is 0. The van der Waals surface area contributed by atoms with Gasteiger partial charge in [0.25, 0.3) is 0 Å². The first-order valence-corrected chi connectivity index (χ1v) is 6.88. The molecule has 0 bridgehead atoms. The van der Waals surface area contributed by atoms with Crippen LogP contribution in [0.2, 0.25) is 0 Å². The van der Waals surface area contributed by atoms with Gasteiger partial charge in [-0.15, -0.1) is 24.0 Å². The summed E-state index contributed by atoms with van der Waals surface area (Å²) in [6, 6.07) is 0.275. The summed E-state index contributed by atoms with van der Waals surface area (Å²) in [5, 5.41) is 6.72. The van der Waals surface area contributed by atoms with E-state index in [2.05, 4.69) is 34.4 Å². The lowest BCUT2D eigenvalue weighted by molar-refractivity contribution is 0.179. The van der Waals surface area contributed by atoms with Crippen molar-refractivity contribution in [3.8, 4) is 0 Å². The van der Waals surface area contributed by atoms with Crippen molar-refractivity contribution in [1.82, 2.24) is 15.5 Å². The lowest BCUT2D eigenvalue weighted by Gasteiger charge is -2.19. The number of nitrogens with one attached hydrogen (secondary N) is 2. The van der Waals surface area contributed by atoms with E-state index >= 15 is 0 Å². The van der Waals surface area contributed by atoms with Gasteiger partial charge in [0.1, 0.15) is 0 Å². The van der Waals surface area contributed by atoms with E-state index in [9.17, 15) is 0 Å². The van der Waals surface area contributed by atoms with Crippen molar-refractivity contribution in [2.45, 2.75) is 26.3 Å². The second-order valence-corrected chi connectivity index (χ2v) is 5.00. The van der Waals surface area contributed by atoms with Crippen molar-refractivity contribution in [2.24, 2.45) is 10.9 Å². The van der Waals surface area contributed by atoms with Gasteiger partial charge in [-0.05, 0) is 32.4 Å². The van der Waals surface area contributed by atoms with E-state index in [-0.39, 0.29) is 30.0 Å². The molecular weight excluding hydrogens is 355 g/mol. The Bertz CT molecular complexity index is 263. The molecule has 0 radical (unpaired) electrons. The summed E-state index contributed by atoms with van der Waals surface area (Å²) >= 11 is 0. The third-order valence-corrected chi connectivity index (χ3v) is 3.40. The topological polar surface area (TPSA) is 48.9 Å². The summed E-state index contributed by atoms with van der Waals surface area (Å²) in [6.45, 7) is 9.59. The summed E-state index contributed by atoms with van der Waals surface area (Å²) in [4.78, 5) is 6.73. The van der Waals surface area contributed by atoms with Gasteiger partial charge in [-0.2, -0.15) is 0 Å². The minimum absolute atomic E-state index is 0. The van der Waals surface area contributed by atoms with Crippen molar-refractivity contribution >= 4 is 29.9 Å². The second kappa shape index (κ2) is 10.7. The maximum atomic E-state index is 5.10. The third kappa shape index (κ3) is 7.31. The van der Waals surface area contributed by atoms with Gasteiger partial charge in [0.2, 0.25) is 0 Å². The van der Waals surface area contributed by atoms with Crippen LogP contribution in [0.3, 0.4) is 0 Å². The maximum Gasteiger partial charge on any atom is 0.191 e. The average molecular weight is 384 g/mol. The number of ether oxygens (including phenoxy) is 1. The Balaban J connectivity index is 0.00000324. The zero-order valence-electron chi connectivity index (χ0n) is 12.6. The van der Waals surface area contributed by atoms with Gasteiger partial charge < -0.3 is 20.3 Å². The number of likely N-dealkylation sites (tertiary alicyclic amines) is 1. The molecule has 0 aromatic rings. The minimum Gasteiger partial charge on any atom is -0.383 e. The van der Waals surface area contributed by atoms with Crippen molar-refractivity contribution in [1.29, 1.82) is 0 Å². The van der Waals surface area contributed by atoms with Crippen LogP contribution in [-0.2, 0) is 4.74 Å². The van der Waals surface area contributed by atoms with E-state index < -0.39 is 0 Å². The van der Waals surface area contributed by atoms with Gasteiger partial charge in [-0.3, -0.25) is 4.99 Å². The van der Waals surface area contributed by atoms with Gasteiger partial charge in [0, 0.05) is 33.3 Å². The largest absolute Gasteiger partial charge is 0.383 e. The fourth-order valence-corrected chi connectivity index (χ4v) is 2.33. The molecule has 0 aromatic carbocycles. The molecule has 0 spiro atoms. The molecule has 0 saturated carbocycles. The van der Waals surface area contributed by atoms with Crippen LogP contribution in [0.1, 0.15) is 20.3 Å². The number of hydrogen-bond donors (Lipinski definition) is 2. The van der Waals surface area contributed by atoms with Crippen molar-refractivity contribution in [2.75, 3.05) is 46.9 Å². The molecule has 2 N–H and O–H groups in total. The summed E-state index contributed by atoms with van der Waals surface area (Å²) in [7, 11) is 3.52. The monoisotopic (exact) mass is 384 g/mol. The molecule has 1 aliphatic rings. The molecule has 2 unspecified atom stereocenters. The van der Waals surface area contributed by atoms with E-state index in [0.29, 0.717) is 6.61 Å². The predicted molar refractivity (Wildman–Crippen MR) is 91.5 cm³/mol. The fourth-order valence-electron chi connectivity index (χ4n) is 2.33. The van der Waals surface area contributed by atoms with Crippen LogP contribution in [0.4, 0.5) is 0 Å². The highest BCUT2D eigenvalue weighted by Gasteiger charge is 2.21. The number of rotatable bonds is 6. The smallest absolute Gasteiger partial charge is 0.191 e. The number of nitrogens with zero attached hydrogens (tertiary/aromatic N) is 2. The molecule has 0 aliphatic carbocycles. The molecule has 0 aromatic heterocycles. The Labute approximate surface area is 134 Å². The summed E-state index contributed by atoms with van der Waals surface area (Å²) < 4.78 is 5.10. The van der Waals surface area contributed by atoms with Crippen molar-refractivity contribution < 1.29 is 4.74 Å². The third-order valence-electron chi connectivity index (χ3n) is 3.40. The van der Waals surface area contributed by atoms with Crippen LogP contribution < -0.4 is 10.6 Å². The Morgan fingerprint density at radius 1 is 1.53 bits per heavy atom. The molecule has 6 heteroatoms. The van der Waals surface area contributed by atoms with Crippen molar-refractivity contribution in [3.63, 3.8) is 0 Å². The molecule has 19 heavy (non-hydrogen) atoms. The van der Waals surface area contributed by atoms with Crippen LogP contribution >= 0.6 is 24.0 Å². The SMILES string of the molecule is CCN1CCC(CNC(=NC)NC(C)COC)C1.I. The Morgan fingerprint density at radius 2 is 2.26 bits per heavy atom. The standard InChI is InChI=1S/C13H28N4O.HI/c1-5-17-7-6-12(9-17)8-15-13(14-3)16-11(2)10-18-4;/h11-12H,5-10H2,1-4H3,(H2,14,15,16);1H. The highest BCUT2D eigenvalue weighted by Crippen LogP contribution is 2.14. The van der Waals surface area contributed by atoms with Gasteiger partial charge >= 0.3 is 0 Å². The van der Waals surface area contributed by atoms with Gasteiger partial charge in [0.15, 0.2) is 5.96 Å². The number of halogens is 1. The van der Waals surface area contributed by atoms with Crippen LogP contribution in [-0.4, -0.2) is 63.8 Å². The Kier molecular flexibility index (Phi) is 10.6. The average Bonchev–Trinajstić information content (AvgIpc) is 2.82. The highest BCUT2D eigenvalue weighted by molar-refractivity contribution is 14.0. The molecule has 114 valence electrons. The predicted octanol–water partition coefficient (Wildman–Crippen LogP) is 1.15. The minimum atomic E-state index is 0. The molecule has 1 heterocycles. The van der Waals surface area contributed by atoms with Crippen molar-refractivity contribution in [3.05, 3.63) is 0 Å². The van der Waals surface area contributed by atoms with E-state index in [4.69, 9.17) is 4.74 Å². The van der Waals surface area contributed by atoms with Gasteiger partial charge in [0.05, 0.1) is 6.61 Å². The molecule has 5 nitrogen and oxygen atoms in total. The fraction of sp³-hybridized carbons (Fsp3) is 0.923. The lowest BCUT2D eigenvalue weighted by atomic mass is 10.1. The molecule has 0 amide bonds. The summed E-state index contributed by atoms with van der Waals surface area (Å²) in [6.07, 6.45) is 1.28. The normalized spacial score (nSPS) is 21.9. The molecule has 2 atom stereocenters. The highest BCUT2D eigenvalue weighted by atomic mass is 127. The second-order valence-electron chi connectivity index (χ2n) is 5.00. The van der Waals surface area contributed by atoms with E-state index in [1.807, 2.05) is 7.05 Å². The lowest BCUT2D eigenvalue weighted by Crippen LogP contribution is -2.45. The Morgan fingerprint density at radius 3 is 2.79 bits per heavy atom.